The van der Waals surface area contributed by atoms with Crippen LogP contribution in [0.4, 0.5) is 0 Å². The van der Waals surface area contributed by atoms with Crippen LogP contribution in [-0.4, -0.2) is 53.5 Å². The van der Waals surface area contributed by atoms with E-state index in [1.807, 2.05) is 10.7 Å². The van der Waals surface area contributed by atoms with E-state index >= 15 is 0 Å². The smallest absolute Gasteiger partial charge is 0.160 e. The Morgan fingerprint density at radius 3 is 2.78 bits per heavy atom. The van der Waals surface area contributed by atoms with Crippen molar-refractivity contribution in [3.63, 3.8) is 0 Å². The van der Waals surface area contributed by atoms with E-state index in [1.165, 1.54) is 12.0 Å². The van der Waals surface area contributed by atoms with Gasteiger partial charge in [0, 0.05) is 13.1 Å². The van der Waals surface area contributed by atoms with Crippen LogP contribution >= 0.6 is 0 Å². The first-order valence-electron chi connectivity index (χ1n) is 8.04. The molecule has 124 valence electrons. The Balaban J connectivity index is 1.51. The lowest BCUT2D eigenvalue weighted by Crippen LogP contribution is -2.25. The van der Waals surface area contributed by atoms with E-state index in [9.17, 15) is 0 Å². The fourth-order valence-corrected chi connectivity index (χ4v) is 3.22. The van der Waals surface area contributed by atoms with Crippen LogP contribution in [0.5, 0.6) is 11.5 Å². The van der Waals surface area contributed by atoms with E-state index in [0.29, 0.717) is 5.92 Å². The molecule has 1 fully saturated rings. The van der Waals surface area contributed by atoms with Crippen molar-refractivity contribution in [1.29, 1.82) is 0 Å². The van der Waals surface area contributed by atoms with Gasteiger partial charge in [-0.05, 0) is 43.0 Å². The first-order valence-corrected chi connectivity index (χ1v) is 8.04. The highest BCUT2D eigenvalue weighted by Crippen LogP contribution is 2.29. The summed E-state index contributed by atoms with van der Waals surface area (Å²) < 4.78 is 12.6. The number of benzene rings is 1. The SMILES string of the molecule is COc1ccc(CC2CCN(CCn3cncn3)C2)cc1OC. The average Bonchev–Trinajstić information content (AvgIpc) is 3.24. The standard InChI is InChI=1S/C17H24N4O2/c1-22-16-4-3-14(10-17(16)23-2)9-15-5-6-20(11-15)7-8-21-13-18-12-19-21/h3-4,10,12-13,15H,5-9,11H2,1-2H3. The summed E-state index contributed by atoms with van der Waals surface area (Å²) >= 11 is 0. The number of rotatable bonds is 7. The maximum atomic E-state index is 5.39. The van der Waals surface area contributed by atoms with E-state index < -0.39 is 0 Å². The van der Waals surface area contributed by atoms with Gasteiger partial charge in [-0.25, -0.2) is 4.98 Å². The number of likely N-dealkylation sites (tertiary alicyclic amines) is 1. The summed E-state index contributed by atoms with van der Waals surface area (Å²) in [5.41, 5.74) is 1.31. The van der Waals surface area contributed by atoms with Crippen LogP contribution in [0.25, 0.3) is 0 Å². The molecule has 0 saturated carbocycles. The van der Waals surface area contributed by atoms with Gasteiger partial charge < -0.3 is 14.4 Å². The summed E-state index contributed by atoms with van der Waals surface area (Å²) in [6.07, 6.45) is 5.69. The number of hydrogen-bond donors (Lipinski definition) is 0. The van der Waals surface area contributed by atoms with Gasteiger partial charge in [-0.2, -0.15) is 5.10 Å². The number of hydrogen-bond acceptors (Lipinski definition) is 5. The summed E-state index contributed by atoms with van der Waals surface area (Å²) in [6.45, 7) is 4.24. The molecule has 0 aliphatic carbocycles. The Labute approximate surface area is 137 Å². The molecular weight excluding hydrogens is 292 g/mol. The molecule has 23 heavy (non-hydrogen) atoms. The van der Waals surface area contributed by atoms with Crippen molar-refractivity contribution in [2.45, 2.75) is 19.4 Å². The molecule has 6 nitrogen and oxygen atoms in total. The van der Waals surface area contributed by atoms with Crippen molar-refractivity contribution < 1.29 is 9.47 Å². The molecule has 1 saturated heterocycles. The van der Waals surface area contributed by atoms with Gasteiger partial charge >= 0.3 is 0 Å². The lowest BCUT2D eigenvalue weighted by Gasteiger charge is -2.16. The fourth-order valence-electron chi connectivity index (χ4n) is 3.22. The minimum absolute atomic E-state index is 0.698. The molecule has 1 atom stereocenters. The predicted octanol–water partition coefficient (Wildman–Crippen LogP) is 1.86. The second-order valence-corrected chi connectivity index (χ2v) is 6.01. The zero-order valence-corrected chi connectivity index (χ0v) is 13.8. The predicted molar refractivity (Wildman–Crippen MR) is 87.8 cm³/mol. The highest BCUT2D eigenvalue weighted by atomic mass is 16.5. The maximum Gasteiger partial charge on any atom is 0.160 e. The summed E-state index contributed by atoms with van der Waals surface area (Å²) in [6, 6.07) is 6.22. The molecule has 1 aliphatic heterocycles. The number of ether oxygens (including phenoxy) is 2. The van der Waals surface area contributed by atoms with Gasteiger partial charge in [-0.1, -0.05) is 6.07 Å². The minimum Gasteiger partial charge on any atom is -0.493 e. The monoisotopic (exact) mass is 316 g/mol. The van der Waals surface area contributed by atoms with E-state index in [0.717, 1.165) is 44.1 Å². The molecule has 6 heteroatoms. The third-order valence-corrected chi connectivity index (χ3v) is 4.45. The van der Waals surface area contributed by atoms with Gasteiger partial charge in [0.2, 0.25) is 0 Å². The maximum absolute atomic E-state index is 5.39. The number of methoxy groups -OCH3 is 2. The lowest BCUT2D eigenvalue weighted by atomic mass is 9.98. The zero-order chi connectivity index (χ0) is 16.1. The van der Waals surface area contributed by atoms with Gasteiger partial charge in [0.1, 0.15) is 12.7 Å². The third-order valence-electron chi connectivity index (χ3n) is 4.45. The topological polar surface area (TPSA) is 52.4 Å². The molecular formula is C17H24N4O2. The van der Waals surface area contributed by atoms with Gasteiger partial charge in [0.05, 0.1) is 20.8 Å². The van der Waals surface area contributed by atoms with E-state index in [1.54, 1.807) is 26.9 Å². The zero-order valence-electron chi connectivity index (χ0n) is 13.8. The van der Waals surface area contributed by atoms with Crippen LogP contribution in [0.15, 0.2) is 30.9 Å². The molecule has 1 aliphatic rings. The lowest BCUT2D eigenvalue weighted by molar-refractivity contribution is 0.303. The van der Waals surface area contributed by atoms with Gasteiger partial charge in [0.25, 0.3) is 0 Å². The van der Waals surface area contributed by atoms with Crippen molar-refractivity contribution in [2.75, 3.05) is 33.9 Å². The molecule has 2 heterocycles. The quantitative estimate of drug-likeness (QED) is 0.780. The molecule has 0 amide bonds. The van der Waals surface area contributed by atoms with E-state index in [4.69, 9.17) is 9.47 Å². The van der Waals surface area contributed by atoms with Crippen LogP contribution in [0.2, 0.25) is 0 Å². The van der Waals surface area contributed by atoms with E-state index in [-0.39, 0.29) is 0 Å². The Kier molecular flexibility index (Phi) is 5.12. The fraction of sp³-hybridized carbons (Fsp3) is 0.529. The minimum atomic E-state index is 0.698. The molecule has 1 aromatic carbocycles. The summed E-state index contributed by atoms with van der Waals surface area (Å²) in [4.78, 5) is 6.49. The molecule has 0 bridgehead atoms. The van der Waals surface area contributed by atoms with Crippen molar-refractivity contribution in [3.8, 4) is 11.5 Å². The Bertz CT molecular complexity index is 615. The second-order valence-electron chi connectivity index (χ2n) is 6.01. The van der Waals surface area contributed by atoms with Crippen LogP contribution in [-0.2, 0) is 13.0 Å². The Morgan fingerprint density at radius 2 is 2.04 bits per heavy atom. The molecule has 0 N–H and O–H groups in total. The largest absolute Gasteiger partial charge is 0.493 e. The van der Waals surface area contributed by atoms with Gasteiger partial charge in [-0.15, -0.1) is 0 Å². The van der Waals surface area contributed by atoms with Crippen molar-refractivity contribution in [3.05, 3.63) is 36.4 Å². The molecule has 3 rings (SSSR count). The average molecular weight is 316 g/mol. The van der Waals surface area contributed by atoms with Crippen LogP contribution in [0.3, 0.4) is 0 Å². The van der Waals surface area contributed by atoms with Gasteiger partial charge in [0.15, 0.2) is 11.5 Å². The van der Waals surface area contributed by atoms with Crippen LogP contribution < -0.4 is 9.47 Å². The van der Waals surface area contributed by atoms with Crippen LogP contribution in [0, 0.1) is 5.92 Å². The molecule has 1 unspecified atom stereocenters. The normalized spacial score (nSPS) is 18.3. The molecule has 0 radical (unpaired) electrons. The molecule has 2 aromatic rings. The molecule has 0 spiro atoms. The second kappa shape index (κ2) is 7.46. The summed E-state index contributed by atoms with van der Waals surface area (Å²) in [7, 11) is 3.35. The number of nitrogens with zero attached hydrogens (tertiary/aromatic N) is 4. The molecule has 1 aromatic heterocycles. The van der Waals surface area contributed by atoms with Crippen LogP contribution in [0.1, 0.15) is 12.0 Å². The first kappa shape index (κ1) is 15.8. The van der Waals surface area contributed by atoms with E-state index in [2.05, 4.69) is 27.1 Å². The van der Waals surface area contributed by atoms with Crippen molar-refractivity contribution in [1.82, 2.24) is 19.7 Å². The van der Waals surface area contributed by atoms with Crippen molar-refractivity contribution in [2.24, 2.45) is 5.92 Å². The Morgan fingerprint density at radius 1 is 1.17 bits per heavy atom. The van der Waals surface area contributed by atoms with Crippen molar-refractivity contribution >= 4 is 0 Å². The highest BCUT2D eigenvalue weighted by molar-refractivity contribution is 5.43. The Hall–Kier alpha value is -2.08. The summed E-state index contributed by atoms with van der Waals surface area (Å²) in [5, 5.41) is 4.15. The number of aromatic nitrogens is 3. The summed E-state index contributed by atoms with van der Waals surface area (Å²) in [5.74, 6) is 2.30. The highest BCUT2D eigenvalue weighted by Gasteiger charge is 2.22. The van der Waals surface area contributed by atoms with Gasteiger partial charge in [-0.3, -0.25) is 4.68 Å². The first-order chi connectivity index (χ1) is 11.3. The third kappa shape index (κ3) is 4.01.